The fourth-order valence-electron chi connectivity index (χ4n) is 2.59. The topological polar surface area (TPSA) is 52.6 Å². The van der Waals surface area contributed by atoms with E-state index >= 15 is 0 Å². The van der Waals surface area contributed by atoms with Crippen LogP contribution < -0.4 is 4.74 Å². The van der Waals surface area contributed by atoms with Crippen LogP contribution in [0, 0.1) is 11.8 Å². The smallest absolute Gasteiger partial charge is 0.146 e. The zero-order valence-electron chi connectivity index (χ0n) is 13.6. The van der Waals surface area contributed by atoms with Gasteiger partial charge >= 0.3 is 0 Å². The van der Waals surface area contributed by atoms with Gasteiger partial charge in [0.2, 0.25) is 0 Å². The molecular weight excluding hydrogens is 304 g/mol. The van der Waals surface area contributed by atoms with Crippen LogP contribution in [0.15, 0.2) is 67.5 Å². The van der Waals surface area contributed by atoms with E-state index in [4.69, 9.17) is 9.47 Å². The first kappa shape index (κ1) is 17.7. The zero-order chi connectivity index (χ0) is 17.4. The van der Waals surface area contributed by atoms with Crippen LogP contribution in [-0.2, 0) is 14.3 Å². The third-order valence-corrected chi connectivity index (χ3v) is 3.96. The molecule has 0 amide bonds. The second-order valence-electron chi connectivity index (χ2n) is 5.68. The maximum absolute atomic E-state index is 12.1. The number of rotatable bonds is 8. The fraction of sp³-hybridized carbons (Fsp3) is 0.300. The Kier molecular flexibility index (Phi) is 6.55. The van der Waals surface area contributed by atoms with Crippen molar-refractivity contribution < 1.29 is 19.1 Å². The van der Waals surface area contributed by atoms with E-state index in [0.29, 0.717) is 12.2 Å². The lowest BCUT2D eigenvalue weighted by atomic mass is 9.80. The molecule has 2 rings (SSSR count). The summed E-state index contributed by atoms with van der Waals surface area (Å²) < 4.78 is 11.3. The molecule has 0 aliphatic heterocycles. The quantitative estimate of drug-likeness (QED) is 0.417. The van der Waals surface area contributed by atoms with Crippen LogP contribution in [0.3, 0.4) is 0 Å². The van der Waals surface area contributed by atoms with Crippen LogP contribution in [-0.4, -0.2) is 24.8 Å². The van der Waals surface area contributed by atoms with Crippen LogP contribution in [0.1, 0.15) is 12.8 Å². The Morgan fingerprint density at radius 2 is 1.75 bits per heavy atom. The lowest BCUT2D eigenvalue weighted by Gasteiger charge is -2.27. The van der Waals surface area contributed by atoms with Gasteiger partial charge < -0.3 is 9.47 Å². The SMILES string of the molecule is C=C/C=C(\C=C)OCC1CC(COc2ccccc2)C(=O)CC1=O. The molecule has 0 heterocycles. The van der Waals surface area contributed by atoms with Gasteiger partial charge in [-0.15, -0.1) is 0 Å². The van der Waals surface area contributed by atoms with Gasteiger partial charge in [0.1, 0.15) is 23.1 Å². The molecule has 4 nitrogen and oxygen atoms in total. The number of ketones is 2. The van der Waals surface area contributed by atoms with Crippen molar-refractivity contribution in [3.63, 3.8) is 0 Å². The van der Waals surface area contributed by atoms with Gasteiger partial charge in [-0.25, -0.2) is 0 Å². The van der Waals surface area contributed by atoms with Crippen LogP contribution in [0.2, 0.25) is 0 Å². The molecule has 1 aliphatic rings. The van der Waals surface area contributed by atoms with Crippen molar-refractivity contribution in [3.05, 3.63) is 67.5 Å². The van der Waals surface area contributed by atoms with Gasteiger partial charge in [0.15, 0.2) is 0 Å². The van der Waals surface area contributed by atoms with Crippen molar-refractivity contribution >= 4 is 11.6 Å². The number of para-hydroxylation sites is 1. The van der Waals surface area contributed by atoms with E-state index in [1.807, 2.05) is 30.3 Å². The zero-order valence-corrected chi connectivity index (χ0v) is 13.6. The van der Waals surface area contributed by atoms with E-state index in [-0.39, 0.29) is 43.0 Å². The van der Waals surface area contributed by atoms with Crippen molar-refractivity contribution in [2.75, 3.05) is 13.2 Å². The molecule has 0 radical (unpaired) electrons. The van der Waals surface area contributed by atoms with Gasteiger partial charge in [-0.2, -0.15) is 0 Å². The molecule has 2 atom stereocenters. The summed E-state index contributed by atoms with van der Waals surface area (Å²) >= 11 is 0. The second-order valence-corrected chi connectivity index (χ2v) is 5.68. The Hall–Kier alpha value is -2.62. The molecule has 0 bridgehead atoms. The summed E-state index contributed by atoms with van der Waals surface area (Å²) in [5.41, 5.74) is 0. The molecule has 1 fully saturated rings. The largest absolute Gasteiger partial charge is 0.493 e. The van der Waals surface area contributed by atoms with Crippen molar-refractivity contribution in [2.45, 2.75) is 12.8 Å². The van der Waals surface area contributed by atoms with Crippen molar-refractivity contribution in [3.8, 4) is 5.75 Å². The monoisotopic (exact) mass is 326 g/mol. The number of hydrogen-bond donors (Lipinski definition) is 0. The summed E-state index contributed by atoms with van der Waals surface area (Å²) in [6.45, 7) is 7.77. The van der Waals surface area contributed by atoms with Crippen molar-refractivity contribution in [1.29, 1.82) is 0 Å². The summed E-state index contributed by atoms with van der Waals surface area (Å²) in [6.07, 6.45) is 5.24. The molecule has 0 N–H and O–H groups in total. The van der Waals surface area contributed by atoms with Crippen molar-refractivity contribution in [1.82, 2.24) is 0 Å². The standard InChI is InChI=1S/C20H22O4/c1-3-8-17(4-2)23-13-15-11-16(20(22)12-19(15)21)14-24-18-9-6-5-7-10-18/h3-10,15-16H,1-2,11-14H2/b17-8+. The number of benzene rings is 1. The Balaban J connectivity index is 1.92. The number of carbonyl (C=O) groups is 2. The average molecular weight is 326 g/mol. The highest BCUT2D eigenvalue weighted by Crippen LogP contribution is 2.26. The van der Waals surface area contributed by atoms with Crippen LogP contribution in [0.5, 0.6) is 5.75 Å². The number of Topliss-reactive ketones (excluding diaryl/α,β-unsaturated/α-hetero) is 2. The van der Waals surface area contributed by atoms with Gasteiger partial charge in [-0.05, 0) is 30.7 Å². The van der Waals surface area contributed by atoms with Gasteiger partial charge in [0.25, 0.3) is 0 Å². The minimum Gasteiger partial charge on any atom is -0.493 e. The van der Waals surface area contributed by atoms with Gasteiger partial charge in [0.05, 0.1) is 31.5 Å². The summed E-state index contributed by atoms with van der Waals surface area (Å²) in [4.78, 5) is 24.2. The maximum Gasteiger partial charge on any atom is 0.146 e. The van der Waals surface area contributed by atoms with E-state index in [0.717, 1.165) is 5.75 Å². The van der Waals surface area contributed by atoms with E-state index in [1.165, 1.54) is 0 Å². The molecular formula is C20H22O4. The number of carbonyl (C=O) groups excluding carboxylic acids is 2. The Labute approximate surface area is 142 Å². The second kappa shape index (κ2) is 8.87. The minimum atomic E-state index is -0.305. The number of hydrogen-bond acceptors (Lipinski definition) is 4. The summed E-state index contributed by atoms with van der Waals surface area (Å²) in [7, 11) is 0. The van der Waals surface area contributed by atoms with E-state index in [1.54, 1.807) is 18.2 Å². The maximum atomic E-state index is 12.1. The average Bonchev–Trinajstić information content (AvgIpc) is 2.59. The Morgan fingerprint density at radius 1 is 1.08 bits per heavy atom. The first-order valence-electron chi connectivity index (χ1n) is 7.95. The molecule has 0 aromatic heterocycles. The summed E-state index contributed by atoms with van der Waals surface area (Å²) in [5.74, 6) is 0.563. The fourth-order valence-corrected chi connectivity index (χ4v) is 2.59. The minimum absolute atomic E-state index is 0.0502. The first-order chi connectivity index (χ1) is 11.6. The van der Waals surface area contributed by atoms with Gasteiger partial charge in [0, 0.05) is 0 Å². The van der Waals surface area contributed by atoms with Gasteiger partial charge in [-0.3, -0.25) is 9.59 Å². The molecule has 2 unspecified atom stereocenters. The molecule has 4 heteroatoms. The Bertz CT molecular complexity index is 630. The lowest BCUT2D eigenvalue weighted by Crippen LogP contribution is -2.37. The summed E-state index contributed by atoms with van der Waals surface area (Å²) in [5, 5.41) is 0. The first-order valence-corrected chi connectivity index (χ1v) is 7.95. The Morgan fingerprint density at radius 3 is 2.38 bits per heavy atom. The molecule has 1 aliphatic carbocycles. The highest BCUT2D eigenvalue weighted by molar-refractivity contribution is 6.03. The normalized spacial score (nSPS) is 21.2. The van der Waals surface area contributed by atoms with Crippen LogP contribution in [0.4, 0.5) is 0 Å². The lowest BCUT2D eigenvalue weighted by molar-refractivity contribution is -0.137. The molecule has 1 saturated carbocycles. The van der Waals surface area contributed by atoms with Crippen LogP contribution >= 0.6 is 0 Å². The molecule has 0 saturated heterocycles. The number of ether oxygens (including phenoxy) is 2. The van der Waals surface area contributed by atoms with E-state index in [9.17, 15) is 9.59 Å². The van der Waals surface area contributed by atoms with Crippen LogP contribution in [0.25, 0.3) is 0 Å². The summed E-state index contributed by atoms with van der Waals surface area (Å²) in [6, 6.07) is 9.34. The highest BCUT2D eigenvalue weighted by atomic mass is 16.5. The predicted molar refractivity (Wildman–Crippen MR) is 92.6 cm³/mol. The number of allylic oxidation sites excluding steroid dienone is 3. The molecule has 24 heavy (non-hydrogen) atoms. The van der Waals surface area contributed by atoms with E-state index < -0.39 is 0 Å². The molecule has 1 aromatic rings. The molecule has 1 aromatic carbocycles. The van der Waals surface area contributed by atoms with Crippen molar-refractivity contribution in [2.24, 2.45) is 11.8 Å². The third kappa shape index (κ3) is 4.95. The van der Waals surface area contributed by atoms with E-state index in [2.05, 4.69) is 13.2 Å². The highest BCUT2D eigenvalue weighted by Gasteiger charge is 2.35. The van der Waals surface area contributed by atoms with Gasteiger partial charge in [-0.1, -0.05) is 37.4 Å². The molecule has 126 valence electrons. The molecule has 0 spiro atoms. The third-order valence-electron chi connectivity index (χ3n) is 3.96. The predicted octanol–water partition coefficient (Wildman–Crippen LogP) is 3.50.